The predicted molar refractivity (Wildman–Crippen MR) is 64.1 cm³/mol. The van der Waals surface area contributed by atoms with Gasteiger partial charge in [0.25, 0.3) is 0 Å². The summed E-state index contributed by atoms with van der Waals surface area (Å²) in [4.78, 5) is 13.7. The van der Waals surface area contributed by atoms with Crippen molar-refractivity contribution >= 4 is 5.91 Å². The molecule has 0 aromatic heterocycles. The van der Waals surface area contributed by atoms with E-state index < -0.39 is 0 Å². The number of hydrogen-bond donors (Lipinski definition) is 2. The van der Waals surface area contributed by atoms with E-state index in [1.165, 1.54) is 0 Å². The van der Waals surface area contributed by atoms with Gasteiger partial charge < -0.3 is 15.3 Å². The van der Waals surface area contributed by atoms with Crippen LogP contribution in [0.4, 0.5) is 0 Å². The highest BCUT2D eigenvalue weighted by molar-refractivity contribution is 5.76. The first-order valence-corrected chi connectivity index (χ1v) is 6.25. The number of hydrogen-bond acceptors (Lipinski definition) is 3. The van der Waals surface area contributed by atoms with E-state index in [0.717, 1.165) is 32.5 Å². The number of rotatable bonds is 6. The Morgan fingerprint density at radius 1 is 1.56 bits per heavy atom. The van der Waals surface area contributed by atoms with E-state index >= 15 is 0 Å². The molecule has 1 fully saturated rings. The minimum atomic E-state index is 0.207. The van der Waals surface area contributed by atoms with Crippen LogP contribution in [0.5, 0.6) is 0 Å². The lowest BCUT2D eigenvalue weighted by Crippen LogP contribution is -2.30. The zero-order valence-electron chi connectivity index (χ0n) is 10.4. The summed E-state index contributed by atoms with van der Waals surface area (Å²) in [6.07, 6.45) is 2.47. The van der Waals surface area contributed by atoms with Gasteiger partial charge in [-0.15, -0.1) is 0 Å². The summed E-state index contributed by atoms with van der Waals surface area (Å²) < 4.78 is 0. The number of nitrogens with one attached hydrogen (secondary N) is 1. The van der Waals surface area contributed by atoms with Crippen molar-refractivity contribution in [1.82, 2.24) is 10.2 Å². The minimum absolute atomic E-state index is 0.207. The van der Waals surface area contributed by atoms with Crippen LogP contribution in [0, 0.1) is 5.92 Å². The average Bonchev–Trinajstić information content (AvgIpc) is 2.72. The molecule has 1 atom stereocenters. The fraction of sp³-hybridized carbons (Fsp3) is 0.917. The molecule has 1 rings (SSSR count). The maximum Gasteiger partial charge on any atom is 0.222 e. The van der Waals surface area contributed by atoms with Crippen LogP contribution in [0.3, 0.4) is 0 Å². The van der Waals surface area contributed by atoms with Gasteiger partial charge >= 0.3 is 0 Å². The third-order valence-electron chi connectivity index (χ3n) is 3.02. The summed E-state index contributed by atoms with van der Waals surface area (Å²) in [5, 5.41) is 12.3. The zero-order chi connectivity index (χ0) is 12.0. The summed E-state index contributed by atoms with van der Waals surface area (Å²) in [6.45, 7) is 6.89. The lowest BCUT2D eigenvalue weighted by atomic mass is 10.1. The first-order valence-electron chi connectivity index (χ1n) is 6.25. The Labute approximate surface area is 98.0 Å². The number of likely N-dealkylation sites (tertiary alicyclic amines) is 1. The molecule has 0 aliphatic carbocycles. The second-order valence-electron chi connectivity index (χ2n) is 4.89. The fourth-order valence-corrected chi connectivity index (χ4v) is 2.00. The van der Waals surface area contributed by atoms with Crippen LogP contribution in [0.1, 0.15) is 33.1 Å². The molecule has 0 aromatic carbocycles. The molecule has 1 amide bonds. The van der Waals surface area contributed by atoms with Crippen LogP contribution in [0.15, 0.2) is 0 Å². The highest BCUT2D eigenvalue weighted by atomic mass is 16.3. The zero-order valence-corrected chi connectivity index (χ0v) is 10.4. The molecule has 1 unspecified atom stereocenters. The lowest BCUT2D eigenvalue weighted by molar-refractivity contribution is -0.130. The number of carbonyl (C=O) groups is 1. The molecule has 94 valence electrons. The van der Waals surface area contributed by atoms with Crippen LogP contribution >= 0.6 is 0 Å². The van der Waals surface area contributed by atoms with Crippen molar-refractivity contribution in [3.63, 3.8) is 0 Å². The lowest BCUT2D eigenvalue weighted by Gasteiger charge is -2.16. The standard InChI is InChI=1S/C12H24N2O2/c1-10(2)13-6-3-4-12(16)14-7-5-11(8-14)9-15/h10-11,13,15H,3-9H2,1-2H3. The smallest absolute Gasteiger partial charge is 0.222 e. The van der Waals surface area contributed by atoms with Crippen molar-refractivity contribution in [2.45, 2.75) is 39.2 Å². The first kappa shape index (κ1) is 13.5. The van der Waals surface area contributed by atoms with Gasteiger partial charge in [0, 0.05) is 38.1 Å². The van der Waals surface area contributed by atoms with Gasteiger partial charge in [0.1, 0.15) is 0 Å². The number of aliphatic hydroxyl groups is 1. The molecular formula is C12H24N2O2. The number of carbonyl (C=O) groups excluding carboxylic acids is 1. The van der Waals surface area contributed by atoms with Gasteiger partial charge in [0.15, 0.2) is 0 Å². The van der Waals surface area contributed by atoms with E-state index in [1.54, 1.807) is 0 Å². The van der Waals surface area contributed by atoms with Crippen molar-refractivity contribution in [2.75, 3.05) is 26.2 Å². The molecule has 0 radical (unpaired) electrons. The Morgan fingerprint density at radius 2 is 2.31 bits per heavy atom. The van der Waals surface area contributed by atoms with E-state index in [4.69, 9.17) is 5.11 Å². The van der Waals surface area contributed by atoms with Crippen molar-refractivity contribution in [3.05, 3.63) is 0 Å². The maximum atomic E-state index is 11.8. The maximum absolute atomic E-state index is 11.8. The third-order valence-corrected chi connectivity index (χ3v) is 3.02. The van der Waals surface area contributed by atoms with Crippen molar-refractivity contribution in [1.29, 1.82) is 0 Å². The Balaban J connectivity index is 2.11. The average molecular weight is 228 g/mol. The topological polar surface area (TPSA) is 52.6 Å². The molecule has 1 heterocycles. The SMILES string of the molecule is CC(C)NCCCC(=O)N1CCC(CO)C1. The molecular weight excluding hydrogens is 204 g/mol. The second-order valence-corrected chi connectivity index (χ2v) is 4.89. The Hall–Kier alpha value is -0.610. The molecule has 1 aliphatic rings. The van der Waals surface area contributed by atoms with Crippen molar-refractivity contribution < 1.29 is 9.90 Å². The monoisotopic (exact) mass is 228 g/mol. The quantitative estimate of drug-likeness (QED) is 0.655. The normalized spacial score (nSPS) is 20.8. The van der Waals surface area contributed by atoms with Crippen molar-refractivity contribution in [2.24, 2.45) is 5.92 Å². The third kappa shape index (κ3) is 4.49. The van der Waals surface area contributed by atoms with Gasteiger partial charge in [0.05, 0.1) is 0 Å². The van der Waals surface area contributed by atoms with Gasteiger partial charge in [-0.2, -0.15) is 0 Å². The van der Waals surface area contributed by atoms with Crippen molar-refractivity contribution in [3.8, 4) is 0 Å². The van der Waals surface area contributed by atoms with Gasteiger partial charge in [-0.05, 0) is 19.4 Å². The fourth-order valence-electron chi connectivity index (χ4n) is 2.00. The van der Waals surface area contributed by atoms with Crippen LogP contribution in [0.2, 0.25) is 0 Å². The molecule has 16 heavy (non-hydrogen) atoms. The van der Waals surface area contributed by atoms with E-state index in [-0.39, 0.29) is 12.5 Å². The Kier molecular flexibility index (Phi) is 5.77. The van der Waals surface area contributed by atoms with E-state index in [2.05, 4.69) is 19.2 Å². The molecule has 0 aromatic rings. The summed E-state index contributed by atoms with van der Waals surface area (Å²) >= 11 is 0. The summed E-state index contributed by atoms with van der Waals surface area (Å²) in [7, 11) is 0. The van der Waals surface area contributed by atoms with E-state index in [9.17, 15) is 4.79 Å². The number of amides is 1. The van der Waals surface area contributed by atoms with Gasteiger partial charge in [0.2, 0.25) is 5.91 Å². The molecule has 2 N–H and O–H groups in total. The second kappa shape index (κ2) is 6.86. The summed E-state index contributed by atoms with van der Waals surface area (Å²) in [5.74, 6) is 0.541. The minimum Gasteiger partial charge on any atom is -0.396 e. The first-order chi connectivity index (χ1) is 7.63. The molecule has 0 saturated carbocycles. The van der Waals surface area contributed by atoms with Crippen LogP contribution in [0.25, 0.3) is 0 Å². The number of nitrogens with zero attached hydrogens (tertiary/aromatic N) is 1. The largest absolute Gasteiger partial charge is 0.396 e. The highest BCUT2D eigenvalue weighted by Gasteiger charge is 2.24. The van der Waals surface area contributed by atoms with Gasteiger partial charge in [-0.25, -0.2) is 0 Å². The van der Waals surface area contributed by atoms with Gasteiger partial charge in [-0.3, -0.25) is 4.79 Å². The molecule has 1 aliphatic heterocycles. The molecule has 4 heteroatoms. The van der Waals surface area contributed by atoms with E-state index in [0.29, 0.717) is 18.4 Å². The predicted octanol–water partition coefficient (Wildman–Crippen LogP) is 0.605. The number of aliphatic hydroxyl groups excluding tert-OH is 1. The van der Waals surface area contributed by atoms with E-state index in [1.807, 2.05) is 4.90 Å². The van der Waals surface area contributed by atoms with Crippen LogP contribution < -0.4 is 5.32 Å². The molecule has 4 nitrogen and oxygen atoms in total. The van der Waals surface area contributed by atoms with Crippen LogP contribution in [-0.4, -0.2) is 48.2 Å². The molecule has 1 saturated heterocycles. The van der Waals surface area contributed by atoms with Crippen LogP contribution in [-0.2, 0) is 4.79 Å². The Morgan fingerprint density at radius 3 is 2.88 bits per heavy atom. The van der Waals surface area contributed by atoms with Gasteiger partial charge in [-0.1, -0.05) is 13.8 Å². The Bertz CT molecular complexity index is 219. The summed E-state index contributed by atoms with van der Waals surface area (Å²) in [5.41, 5.74) is 0. The summed E-state index contributed by atoms with van der Waals surface area (Å²) in [6, 6.07) is 0.487. The molecule has 0 bridgehead atoms. The highest BCUT2D eigenvalue weighted by Crippen LogP contribution is 2.16. The molecule has 0 spiro atoms.